The second-order valence-corrected chi connectivity index (χ2v) is 3.96. The molecule has 14 heavy (non-hydrogen) atoms. The van der Waals surface area contributed by atoms with E-state index in [1.807, 2.05) is 0 Å². The molecule has 1 rings (SSSR count). The van der Waals surface area contributed by atoms with Crippen molar-refractivity contribution in [1.29, 1.82) is 0 Å². The molecule has 0 aliphatic heterocycles. The number of primary amides is 1. The van der Waals surface area contributed by atoms with Crippen LogP contribution in [0.5, 0.6) is 0 Å². The molecule has 0 aliphatic carbocycles. The SMILES string of the molecule is CN(CC(N)=O)c1nc(Cl)c(C=O)s1. The number of hydrogen-bond acceptors (Lipinski definition) is 5. The number of nitrogens with two attached hydrogens (primary N) is 1. The van der Waals surface area contributed by atoms with Gasteiger partial charge in [0.25, 0.3) is 0 Å². The third-order valence-electron chi connectivity index (χ3n) is 1.42. The van der Waals surface area contributed by atoms with E-state index in [1.165, 1.54) is 4.90 Å². The van der Waals surface area contributed by atoms with Gasteiger partial charge in [0.1, 0.15) is 4.88 Å². The molecule has 0 aliphatic rings. The first-order valence-electron chi connectivity index (χ1n) is 3.65. The molecule has 0 bridgehead atoms. The molecular formula is C7H8ClN3O2S. The van der Waals surface area contributed by atoms with E-state index in [1.54, 1.807) is 7.05 Å². The van der Waals surface area contributed by atoms with Crippen LogP contribution in [0.2, 0.25) is 5.15 Å². The minimum atomic E-state index is -0.466. The molecule has 0 saturated carbocycles. The van der Waals surface area contributed by atoms with E-state index in [0.717, 1.165) is 11.3 Å². The van der Waals surface area contributed by atoms with Crippen molar-refractivity contribution in [2.75, 3.05) is 18.5 Å². The number of hydrogen-bond donors (Lipinski definition) is 1. The maximum atomic E-state index is 10.6. The number of aromatic nitrogens is 1. The lowest BCUT2D eigenvalue weighted by atomic mass is 10.6. The molecule has 7 heteroatoms. The molecule has 1 heterocycles. The van der Waals surface area contributed by atoms with Gasteiger partial charge in [0.2, 0.25) is 5.91 Å². The largest absolute Gasteiger partial charge is 0.368 e. The molecular weight excluding hydrogens is 226 g/mol. The lowest BCUT2D eigenvalue weighted by molar-refractivity contribution is -0.116. The van der Waals surface area contributed by atoms with Crippen molar-refractivity contribution in [2.45, 2.75) is 0 Å². The van der Waals surface area contributed by atoms with E-state index in [9.17, 15) is 9.59 Å². The zero-order valence-corrected chi connectivity index (χ0v) is 8.93. The highest BCUT2D eigenvalue weighted by atomic mass is 35.5. The van der Waals surface area contributed by atoms with Gasteiger partial charge in [-0.2, -0.15) is 0 Å². The fourth-order valence-electron chi connectivity index (χ4n) is 0.840. The number of carbonyl (C=O) groups is 2. The second kappa shape index (κ2) is 4.39. The van der Waals surface area contributed by atoms with E-state index in [0.29, 0.717) is 16.3 Å². The third kappa shape index (κ3) is 2.43. The smallest absolute Gasteiger partial charge is 0.237 e. The molecule has 0 unspecified atom stereocenters. The topological polar surface area (TPSA) is 76.3 Å². The lowest BCUT2D eigenvalue weighted by Gasteiger charge is -2.11. The summed E-state index contributed by atoms with van der Waals surface area (Å²) in [5.74, 6) is -0.466. The Morgan fingerprint density at radius 1 is 1.79 bits per heavy atom. The number of halogens is 1. The van der Waals surface area contributed by atoms with Crippen LogP contribution in [0, 0.1) is 0 Å². The van der Waals surface area contributed by atoms with Crippen LogP contribution in [0.1, 0.15) is 9.67 Å². The number of rotatable bonds is 4. The summed E-state index contributed by atoms with van der Waals surface area (Å²) in [5, 5.41) is 0.646. The van der Waals surface area contributed by atoms with Gasteiger partial charge in [0, 0.05) is 7.05 Å². The molecule has 0 aromatic carbocycles. The molecule has 1 aromatic heterocycles. The molecule has 1 amide bonds. The van der Waals surface area contributed by atoms with Gasteiger partial charge in [0.05, 0.1) is 6.54 Å². The van der Waals surface area contributed by atoms with Gasteiger partial charge in [-0.3, -0.25) is 9.59 Å². The zero-order valence-electron chi connectivity index (χ0n) is 7.36. The highest BCUT2D eigenvalue weighted by Crippen LogP contribution is 2.27. The summed E-state index contributed by atoms with van der Waals surface area (Å²) in [6.07, 6.45) is 0.627. The maximum Gasteiger partial charge on any atom is 0.237 e. The molecule has 1 aromatic rings. The van der Waals surface area contributed by atoms with Crippen LogP contribution in [0.15, 0.2) is 0 Å². The minimum Gasteiger partial charge on any atom is -0.368 e. The summed E-state index contributed by atoms with van der Waals surface area (Å²) in [4.78, 5) is 26.8. The number of nitrogens with zero attached hydrogens (tertiary/aromatic N) is 2. The van der Waals surface area contributed by atoms with E-state index in [2.05, 4.69) is 4.98 Å². The fraction of sp³-hybridized carbons (Fsp3) is 0.286. The van der Waals surface area contributed by atoms with Crippen LogP contribution in [0.4, 0.5) is 5.13 Å². The third-order valence-corrected chi connectivity index (χ3v) is 2.92. The molecule has 0 fully saturated rings. The Hall–Kier alpha value is -1.14. The highest BCUT2D eigenvalue weighted by Gasteiger charge is 2.12. The Balaban J connectivity index is 2.85. The number of aldehydes is 1. The van der Waals surface area contributed by atoms with Gasteiger partial charge < -0.3 is 10.6 Å². The predicted molar refractivity (Wildman–Crippen MR) is 55.0 cm³/mol. The van der Waals surface area contributed by atoms with Crippen LogP contribution in [-0.2, 0) is 4.79 Å². The van der Waals surface area contributed by atoms with Crippen molar-refractivity contribution in [3.05, 3.63) is 10.0 Å². The molecule has 2 N–H and O–H groups in total. The van der Waals surface area contributed by atoms with Crippen molar-refractivity contribution in [3.8, 4) is 0 Å². The van der Waals surface area contributed by atoms with Gasteiger partial charge in [-0.1, -0.05) is 22.9 Å². The van der Waals surface area contributed by atoms with Crippen LogP contribution >= 0.6 is 22.9 Å². The van der Waals surface area contributed by atoms with Gasteiger partial charge in [-0.25, -0.2) is 4.98 Å². The first kappa shape index (κ1) is 10.9. The normalized spacial score (nSPS) is 9.86. The Kier molecular flexibility index (Phi) is 3.43. The van der Waals surface area contributed by atoms with E-state index >= 15 is 0 Å². The number of likely N-dealkylation sites (N-methyl/N-ethyl adjacent to an activating group) is 1. The van der Waals surface area contributed by atoms with Gasteiger partial charge in [-0.15, -0.1) is 0 Å². The Labute approximate surface area is 89.5 Å². The first-order valence-corrected chi connectivity index (χ1v) is 4.85. The van der Waals surface area contributed by atoms with E-state index < -0.39 is 5.91 Å². The van der Waals surface area contributed by atoms with Crippen molar-refractivity contribution in [3.63, 3.8) is 0 Å². The fourth-order valence-corrected chi connectivity index (χ4v) is 1.86. The standard InChI is InChI=1S/C7H8ClN3O2S/c1-11(2-5(9)13)7-10-6(8)4(3-12)14-7/h3H,2H2,1H3,(H2,9,13). The van der Waals surface area contributed by atoms with Gasteiger partial charge in [0.15, 0.2) is 16.6 Å². The Morgan fingerprint density at radius 2 is 2.43 bits per heavy atom. The van der Waals surface area contributed by atoms with Gasteiger partial charge >= 0.3 is 0 Å². The minimum absolute atomic E-state index is 0.0438. The zero-order chi connectivity index (χ0) is 10.7. The molecule has 0 radical (unpaired) electrons. The molecule has 5 nitrogen and oxygen atoms in total. The summed E-state index contributed by atoms with van der Waals surface area (Å²) in [6.45, 7) is 0.0438. The average Bonchev–Trinajstić information content (AvgIpc) is 2.45. The molecule has 0 spiro atoms. The molecule has 0 saturated heterocycles. The van der Waals surface area contributed by atoms with Crippen molar-refractivity contribution >= 4 is 40.3 Å². The Bertz CT molecular complexity index is 366. The average molecular weight is 234 g/mol. The first-order chi connectivity index (χ1) is 6.54. The van der Waals surface area contributed by atoms with Crippen LogP contribution in [-0.4, -0.2) is 30.8 Å². The highest BCUT2D eigenvalue weighted by molar-refractivity contribution is 7.17. The number of amides is 1. The maximum absolute atomic E-state index is 10.6. The predicted octanol–water partition coefficient (Wildman–Crippen LogP) is 0.530. The summed E-state index contributed by atoms with van der Waals surface area (Å²) >= 11 is 6.77. The van der Waals surface area contributed by atoms with Crippen LogP contribution < -0.4 is 10.6 Å². The number of anilines is 1. The summed E-state index contributed by atoms with van der Waals surface area (Å²) in [7, 11) is 1.65. The second-order valence-electron chi connectivity index (χ2n) is 2.59. The van der Waals surface area contributed by atoms with Gasteiger partial charge in [-0.05, 0) is 0 Å². The van der Waals surface area contributed by atoms with Crippen molar-refractivity contribution in [2.24, 2.45) is 5.73 Å². The summed E-state index contributed by atoms with van der Waals surface area (Å²) in [5.41, 5.74) is 5.00. The van der Waals surface area contributed by atoms with Crippen LogP contribution in [0.3, 0.4) is 0 Å². The molecule has 76 valence electrons. The molecule has 0 atom stereocenters. The quantitative estimate of drug-likeness (QED) is 0.770. The number of carbonyl (C=O) groups excluding carboxylic acids is 2. The summed E-state index contributed by atoms with van der Waals surface area (Å²) < 4.78 is 0. The van der Waals surface area contributed by atoms with Crippen molar-refractivity contribution < 1.29 is 9.59 Å². The summed E-state index contributed by atoms with van der Waals surface area (Å²) in [6, 6.07) is 0. The van der Waals surface area contributed by atoms with Crippen LogP contribution in [0.25, 0.3) is 0 Å². The Morgan fingerprint density at radius 3 is 2.86 bits per heavy atom. The number of thiazole rings is 1. The lowest BCUT2D eigenvalue weighted by Crippen LogP contribution is -2.30. The van der Waals surface area contributed by atoms with Crippen molar-refractivity contribution in [1.82, 2.24) is 4.98 Å². The van der Waals surface area contributed by atoms with E-state index in [4.69, 9.17) is 17.3 Å². The monoisotopic (exact) mass is 233 g/mol. The van der Waals surface area contributed by atoms with E-state index in [-0.39, 0.29) is 11.7 Å².